The highest BCUT2D eigenvalue weighted by atomic mass is 35.5. The number of anilines is 1. The highest BCUT2D eigenvalue weighted by molar-refractivity contribution is 7.80. The third-order valence-electron chi connectivity index (χ3n) is 3.64. The van der Waals surface area contributed by atoms with Gasteiger partial charge in [0.05, 0.1) is 17.2 Å². The number of nitrogens with zero attached hydrogens (tertiary/aromatic N) is 1. The molecule has 0 radical (unpaired) electrons. The third-order valence-corrected chi connectivity index (χ3v) is 4.14. The molecule has 1 amide bonds. The molecule has 9 heteroatoms. The first-order chi connectivity index (χ1) is 11.8. The maximum absolute atomic E-state index is 13.1. The summed E-state index contributed by atoms with van der Waals surface area (Å²) in [5, 5.41) is 2.99. The van der Waals surface area contributed by atoms with Crippen molar-refractivity contribution in [3.63, 3.8) is 0 Å². The van der Waals surface area contributed by atoms with Gasteiger partial charge in [0.15, 0.2) is 5.11 Å². The molecule has 0 spiro atoms. The van der Waals surface area contributed by atoms with E-state index < -0.39 is 5.82 Å². The van der Waals surface area contributed by atoms with E-state index in [0.717, 1.165) is 13.1 Å². The molecule has 138 valence electrons. The minimum absolute atomic E-state index is 0.00852. The van der Waals surface area contributed by atoms with Crippen LogP contribution in [0, 0.1) is 5.82 Å². The van der Waals surface area contributed by atoms with Gasteiger partial charge >= 0.3 is 0 Å². The van der Waals surface area contributed by atoms with Gasteiger partial charge in [-0.3, -0.25) is 20.5 Å². The molecule has 0 saturated carbocycles. The number of thiocarbonyl (C=S) groups is 1. The Morgan fingerprint density at radius 2 is 2.04 bits per heavy atom. The van der Waals surface area contributed by atoms with E-state index in [9.17, 15) is 9.18 Å². The van der Waals surface area contributed by atoms with Crippen LogP contribution in [0.4, 0.5) is 10.1 Å². The Labute approximate surface area is 157 Å². The van der Waals surface area contributed by atoms with Crippen molar-refractivity contribution < 1.29 is 13.9 Å². The van der Waals surface area contributed by atoms with Gasteiger partial charge < -0.3 is 10.1 Å². The molecule has 3 N–H and O–H groups in total. The number of hydrogen-bond donors (Lipinski definition) is 3. The Balaban J connectivity index is 1.68. The van der Waals surface area contributed by atoms with Crippen LogP contribution in [0.2, 0.25) is 5.02 Å². The molecule has 2 rings (SSSR count). The van der Waals surface area contributed by atoms with Crippen molar-refractivity contribution in [3.05, 3.63) is 29.0 Å². The van der Waals surface area contributed by atoms with E-state index in [1.165, 1.54) is 18.2 Å². The fraction of sp³-hybridized carbons (Fsp3) is 0.500. The fourth-order valence-corrected chi connectivity index (χ4v) is 3.00. The predicted octanol–water partition coefficient (Wildman–Crippen LogP) is 2.30. The van der Waals surface area contributed by atoms with Gasteiger partial charge in [-0.1, -0.05) is 11.6 Å². The van der Waals surface area contributed by atoms with E-state index in [1.807, 2.05) is 13.8 Å². The lowest BCUT2D eigenvalue weighted by molar-refractivity contribution is -0.123. The minimum atomic E-state index is -0.508. The van der Waals surface area contributed by atoms with Gasteiger partial charge in [-0.2, -0.15) is 0 Å². The van der Waals surface area contributed by atoms with Gasteiger partial charge in [-0.05, 0) is 44.3 Å². The molecule has 1 aliphatic heterocycles. The Morgan fingerprint density at radius 1 is 1.36 bits per heavy atom. The number of amides is 1. The molecule has 1 aromatic carbocycles. The monoisotopic (exact) mass is 388 g/mol. The summed E-state index contributed by atoms with van der Waals surface area (Å²) in [5.74, 6) is -0.681. The number of hydrazine groups is 1. The molecule has 25 heavy (non-hydrogen) atoms. The predicted molar refractivity (Wildman–Crippen MR) is 100.0 cm³/mol. The van der Waals surface area contributed by atoms with Crippen LogP contribution in [0.25, 0.3) is 0 Å². The molecule has 0 bridgehead atoms. The van der Waals surface area contributed by atoms with E-state index in [2.05, 4.69) is 21.1 Å². The summed E-state index contributed by atoms with van der Waals surface area (Å²) in [6.45, 7) is 6.33. The first kappa shape index (κ1) is 19.8. The van der Waals surface area contributed by atoms with Crippen LogP contribution in [0.15, 0.2) is 18.2 Å². The maximum atomic E-state index is 13.1. The van der Waals surface area contributed by atoms with Crippen molar-refractivity contribution in [2.75, 3.05) is 25.0 Å². The second-order valence-electron chi connectivity index (χ2n) is 6.02. The van der Waals surface area contributed by atoms with E-state index in [-0.39, 0.29) is 28.3 Å². The fourth-order valence-electron chi connectivity index (χ4n) is 2.65. The number of halogens is 2. The van der Waals surface area contributed by atoms with Crippen LogP contribution in [0.1, 0.15) is 20.3 Å². The number of carbonyl (C=O) groups is 1. The van der Waals surface area contributed by atoms with Gasteiger partial charge in [0.2, 0.25) is 5.91 Å². The molecule has 0 unspecified atom stereocenters. The molecule has 1 saturated heterocycles. The van der Waals surface area contributed by atoms with Crippen molar-refractivity contribution in [1.82, 2.24) is 15.8 Å². The summed E-state index contributed by atoms with van der Waals surface area (Å²) < 4.78 is 18.8. The van der Waals surface area contributed by atoms with E-state index in [0.29, 0.717) is 18.7 Å². The molecule has 2 atom stereocenters. The summed E-state index contributed by atoms with van der Waals surface area (Å²) in [5.41, 5.74) is 5.67. The lowest BCUT2D eigenvalue weighted by Gasteiger charge is -2.35. The molecule has 1 heterocycles. The second kappa shape index (κ2) is 9.28. The summed E-state index contributed by atoms with van der Waals surface area (Å²) in [4.78, 5) is 14.1. The standard InChI is InChI=1S/C16H22ClFN4O2S/c1-10-8-22(9-11(2)24-10)6-5-15(23)20-21-16(25)19-12-3-4-14(18)13(17)7-12/h3-4,7,10-11H,5-6,8-9H2,1-2H3,(H,20,23)(H2,19,21,25)/t10-,11-/m0/s1. The van der Waals surface area contributed by atoms with Crippen LogP contribution in [-0.4, -0.2) is 47.8 Å². The Bertz CT molecular complexity index is 624. The van der Waals surface area contributed by atoms with E-state index in [4.69, 9.17) is 28.6 Å². The number of morpholine rings is 1. The summed E-state index contributed by atoms with van der Waals surface area (Å²) in [7, 11) is 0. The molecule has 6 nitrogen and oxygen atoms in total. The Morgan fingerprint density at radius 3 is 2.68 bits per heavy atom. The zero-order chi connectivity index (χ0) is 18.4. The maximum Gasteiger partial charge on any atom is 0.239 e. The quantitative estimate of drug-likeness (QED) is 0.543. The first-order valence-corrected chi connectivity index (χ1v) is 8.81. The van der Waals surface area contributed by atoms with Crippen LogP contribution in [0.3, 0.4) is 0 Å². The van der Waals surface area contributed by atoms with Crippen molar-refractivity contribution >= 4 is 40.5 Å². The molecular weight excluding hydrogens is 367 g/mol. The normalized spacial score (nSPS) is 20.8. The Kier molecular flexibility index (Phi) is 7.37. The lowest BCUT2D eigenvalue weighted by atomic mass is 10.2. The number of nitrogens with one attached hydrogen (secondary N) is 3. The van der Waals surface area contributed by atoms with Gasteiger partial charge in [0.25, 0.3) is 0 Å². The molecular formula is C16H22ClFN4O2S. The zero-order valence-corrected chi connectivity index (χ0v) is 15.7. The topological polar surface area (TPSA) is 65.6 Å². The molecule has 0 aromatic heterocycles. The summed E-state index contributed by atoms with van der Waals surface area (Å²) in [6, 6.07) is 4.14. The van der Waals surface area contributed by atoms with Crippen LogP contribution in [-0.2, 0) is 9.53 Å². The second-order valence-corrected chi connectivity index (χ2v) is 6.84. The molecule has 1 aromatic rings. The third kappa shape index (κ3) is 6.74. The average Bonchev–Trinajstić information content (AvgIpc) is 2.53. The van der Waals surface area contributed by atoms with Gasteiger partial charge in [-0.25, -0.2) is 4.39 Å². The number of rotatable bonds is 4. The highest BCUT2D eigenvalue weighted by Gasteiger charge is 2.22. The molecule has 1 fully saturated rings. The smallest absolute Gasteiger partial charge is 0.239 e. The van der Waals surface area contributed by atoms with Crippen LogP contribution in [0.5, 0.6) is 0 Å². The number of carbonyl (C=O) groups excluding carboxylic acids is 1. The van der Waals surface area contributed by atoms with Gasteiger partial charge in [0.1, 0.15) is 5.82 Å². The SMILES string of the molecule is C[C@H]1CN(CCC(=O)NNC(=S)Nc2ccc(F)c(Cl)c2)C[C@H](C)O1. The summed E-state index contributed by atoms with van der Waals surface area (Å²) >= 11 is 10.8. The van der Waals surface area contributed by atoms with Crippen LogP contribution < -0.4 is 16.2 Å². The summed E-state index contributed by atoms with van der Waals surface area (Å²) in [6.07, 6.45) is 0.686. The highest BCUT2D eigenvalue weighted by Crippen LogP contribution is 2.19. The van der Waals surface area contributed by atoms with Crippen molar-refractivity contribution in [3.8, 4) is 0 Å². The van der Waals surface area contributed by atoms with Crippen molar-refractivity contribution in [2.24, 2.45) is 0 Å². The Hall–Kier alpha value is -1.48. The molecule has 1 aliphatic rings. The van der Waals surface area contributed by atoms with Crippen molar-refractivity contribution in [2.45, 2.75) is 32.5 Å². The minimum Gasteiger partial charge on any atom is -0.373 e. The van der Waals surface area contributed by atoms with E-state index in [1.54, 1.807) is 0 Å². The lowest BCUT2D eigenvalue weighted by Crippen LogP contribution is -2.48. The van der Waals surface area contributed by atoms with Crippen molar-refractivity contribution in [1.29, 1.82) is 0 Å². The number of benzene rings is 1. The van der Waals surface area contributed by atoms with Gasteiger partial charge in [-0.15, -0.1) is 0 Å². The number of hydrogen-bond acceptors (Lipinski definition) is 4. The van der Waals surface area contributed by atoms with Crippen LogP contribution >= 0.6 is 23.8 Å². The largest absolute Gasteiger partial charge is 0.373 e. The number of ether oxygens (including phenoxy) is 1. The molecule has 0 aliphatic carbocycles. The first-order valence-electron chi connectivity index (χ1n) is 8.02. The van der Waals surface area contributed by atoms with Gasteiger partial charge in [0, 0.05) is 31.7 Å². The average molecular weight is 389 g/mol. The van der Waals surface area contributed by atoms with E-state index >= 15 is 0 Å². The zero-order valence-electron chi connectivity index (χ0n) is 14.1.